The van der Waals surface area contributed by atoms with Gasteiger partial charge in [0, 0.05) is 26.5 Å². The highest BCUT2D eigenvalue weighted by molar-refractivity contribution is 7.91. The quantitative estimate of drug-likeness (QED) is 0.399. The van der Waals surface area contributed by atoms with Crippen LogP contribution in [0.5, 0.6) is 0 Å². The number of hydrogen-bond acceptors (Lipinski definition) is 9. The minimum atomic E-state index is -3.68. The summed E-state index contributed by atoms with van der Waals surface area (Å²) < 4.78 is 54.0. The van der Waals surface area contributed by atoms with Crippen LogP contribution in [0.2, 0.25) is 0 Å². The number of ether oxygens (including phenoxy) is 5. The Labute approximate surface area is 234 Å². The molecular weight excluding hydrogens is 536 g/mol. The van der Waals surface area contributed by atoms with Crippen molar-refractivity contribution in [3.63, 3.8) is 0 Å². The molecule has 0 spiro atoms. The normalized spacial score (nSPS) is 27.0. The van der Waals surface area contributed by atoms with Crippen LogP contribution in [0.4, 0.5) is 0 Å². The average Bonchev–Trinajstić information content (AvgIpc) is 3.75. The average molecular weight is 571 g/mol. The summed E-state index contributed by atoms with van der Waals surface area (Å²) in [6.07, 6.45) is 12.6. The van der Waals surface area contributed by atoms with Gasteiger partial charge in [-0.3, -0.25) is 9.59 Å². The third-order valence-electron chi connectivity index (χ3n) is 7.48. The van der Waals surface area contributed by atoms with Crippen molar-refractivity contribution in [3.8, 4) is 0 Å². The molecular formula is C30H34O9S. The molecule has 2 aliphatic heterocycles. The molecule has 2 aliphatic carbocycles. The molecule has 1 aromatic carbocycles. The van der Waals surface area contributed by atoms with Crippen LogP contribution in [0, 0.1) is 0 Å². The number of esters is 2. The fourth-order valence-corrected chi connectivity index (χ4v) is 6.47. The molecule has 0 radical (unpaired) electrons. The molecule has 214 valence electrons. The van der Waals surface area contributed by atoms with Crippen molar-refractivity contribution in [2.45, 2.75) is 81.5 Å². The van der Waals surface area contributed by atoms with E-state index >= 15 is 0 Å². The number of carbonyl (C=O) groups excluding carboxylic acids is 2. The predicted molar refractivity (Wildman–Crippen MR) is 145 cm³/mol. The summed E-state index contributed by atoms with van der Waals surface area (Å²) in [6.45, 7) is 2.49. The van der Waals surface area contributed by atoms with Gasteiger partial charge in [-0.2, -0.15) is 0 Å². The van der Waals surface area contributed by atoms with Crippen LogP contribution < -0.4 is 0 Å². The van der Waals surface area contributed by atoms with Crippen LogP contribution >= 0.6 is 0 Å². The van der Waals surface area contributed by atoms with Crippen molar-refractivity contribution in [2.24, 2.45) is 0 Å². The first-order valence-corrected chi connectivity index (χ1v) is 15.4. The van der Waals surface area contributed by atoms with E-state index in [-0.39, 0.29) is 12.3 Å². The van der Waals surface area contributed by atoms with Gasteiger partial charge in [0.15, 0.2) is 21.4 Å². The first-order chi connectivity index (χ1) is 19.1. The highest BCUT2D eigenvalue weighted by atomic mass is 32.2. The summed E-state index contributed by atoms with van der Waals surface area (Å²) in [7, 11) is -3.68. The lowest BCUT2D eigenvalue weighted by Gasteiger charge is -2.40. The number of rotatable bonds is 8. The van der Waals surface area contributed by atoms with Gasteiger partial charge in [-0.1, -0.05) is 42.0 Å². The molecule has 0 aromatic heterocycles. The lowest BCUT2D eigenvalue weighted by Crippen LogP contribution is -2.49. The molecule has 2 heterocycles. The molecule has 0 N–H and O–H groups in total. The first-order valence-electron chi connectivity index (χ1n) is 13.5. The summed E-state index contributed by atoms with van der Waals surface area (Å²) >= 11 is 0. The van der Waals surface area contributed by atoms with E-state index in [1.165, 1.54) is 31.9 Å². The maximum atomic E-state index is 12.6. The fraction of sp³-hybridized carbons (Fsp3) is 0.467. The van der Waals surface area contributed by atoms with Crippen LogP contribution in [-0.2, 0) is 43.1 Å². The van der Waals surface area contributed by atoms with Gasteiger partial charge in [-0.25, -0.2) is 8.42 Å². The Bertz CT molecular complexity index is 1380. The monoisotopic (exact) mass is 570 g/mol. The number of allylic oxidation sites excluding steroid dienone is 4. The molecule has 10 heteroatoms. The zero-order valence-electron chi connectivity index (χ0n) is 22.8. The lowest BCUT2D eigenvalue weighted by atomic mass is 9.80. The Hall–Kier alpha value is -3.37. The zero-order chi connectivity index (χ0) is 28.4. The van der Waals surface area contributed by atoms with Crippen LogP contribution in [0.25, 0.3) is 0 Å². The smallest absolute Gasteiger partial charge is 0.303 e. The lowest BCUT2D eigenvalue weighted by molar-refractivity contribution is -0.199. The molecule has 0 bridgehead atoms. The minimum absolute atomic E-state index is 0.147. The van der Waals surface area contributed by atoms with Gasteiger partial charge >= 0.3 is 11.9 Å². The Kier molecular flexibility index (Phi) is 8.19. The van der Waals surface area contributed by atoms with Crippen molar-refractivity contribution in [3.05, 3.63) is 83.2 Å². The molecule has 1 unspecified atom stereocenters. The summed E-state index contributed by atoms with van der Waals surface area (Å²) in [4.78, 5) is 24.1. The zero-order valence-corrected chi connectivity index (χ0v) is 23.6. The van der Waals surface area contributed by atoms with E-state index in [2.05, 4.69) is 12.2 Å². The first kappa shape index (κ1) is 28.2. The molecule has 5 atom stereocenters. The van der Waals surface area contributed by atoms with E-state index in [0.717, 1.165) is 43.1 Å². The van der Waals surface area contributed by atoms with Crippen molar-refractivity contribution in [1.82, 2.24) is 0 Å². The highest BCUT2D eigenvalue weighted by Crippen LogP contribution is 2.49. The second-order valence-corrected chi connectivity index (χ2v) is 12.8. The van der Waals surface area contributed by atoms with Crippen molar-refractivity contribution in [2.75, 3.05) is 6.26 Å². The van der Waals surface area contributed by atoms with E-state index in [1.54, 1.807) is 6.26 Å². The van der Waals surface area contributed by atoms with Gasteiger partial charge in [-0.05, 0) is 48.3 Å². The SMILES string of the molecule is CC(=O)O[C@H]1[C@H](OC(C)=O)C[C@@H](S(C)(=O)=O)O[C@H]1c1ccc(C2CC2)c(C(C2=CC=CCC2)C2=COC=CO2)c1. The minimum Gasteiger partial charge on any atom is -0.466 e. The van der Waals surface area contributed by atoms with Gasteiger partial charge in [0.1, 0.15) is 36.8 Å². The number of sulfone groups is 1. The Morgan fingerprint density at radius 1 is 1.07 bits per heavy atom. The summed E-state index contributed by atoms with van der Waals surface area (Å²) in [5.41, 5.74) is 2.67. The second-order valence-electron chi connectivity index (χ2n) is 10.6. The van der Waals surface area contributed by atoms with Crippen molar-refractivity contribution < 1.29 is 41.7 Å². The van der Waals surface area contributed by atoms with E-state index in [1.807, 2.05) is 24.3 Å². The van der Waals surface area contributed by atoms with Crippen LogP contribution in [0.15, 0.2) is 66.5 Å². The van der Waals surface area contributed by atoms with Gasteiger partial charge < -0.3 is 23.7 Å². The number of benzene rings is 1. The van der Waals surface area contributed by atoms with E-state index in [9.17, 15) is 18.0 Å². The van der Waals surface area contributed by atoms with Crippen molar-refractivity contribution >= 4 is 21.8 Å². The summed E-state index contributed by atoms with van der Waals surface area (Å²) in [5, 5.41) is 0. The Morgan fingerprint density at radius 2 is 1.85 bits per heavy atom. The molecule has 4 aliphatic rings. The largest absolute Gasteiger partial charge is 0.466 e. The molecule has 1 saturated carbocycles. The standard InChI is InChI=1S/C30H34O9S/c1-18(31)37-25-16-27(40(3,33)34)39-29(30(25)38-19(2)32)22-11-12-23(20-9-10-20)24(15-22)28(21-7-5-4-6-8-21)26-17-35-13-14-36-26/h4-5,7,11-15,17,20,25,27-30H,6,8-10,16H2,1-3H3/t25-,27-,28?,29+,30+/m1/s1. The van der Waals surface area contributed by atoms with E-state index in [0.29, 0.717) is 17.2 Å². The molecule has 0 amide bonds. The van der Waals surface area contributed by atoms with Gasteiger partial charge in [-0.15, -0.1) is 0 Å². The molecule has 5 rings (SSSR count). The summed E-state index contributed by atoms with van der Waals surface area (Å²) in [5.74, 6) is -0.426. The summed E-state index contributed by atoms with van der Waals surface area (Å²) in [6, 6.07) is 5.90. The maximum absolute atomic E-state index is 12.6. The predicted octanol–water partition coefficient (Wildman–Crippen LogP) is 4.98. The van der Waals surface area contributed by atoms with E-state index < -0.39 is 45.5 Å². The molecule has 2 fully saturated rings. The second kappa shape index (κ2) is 11.6. The van der Waals surface area contributed by atoms with Gasteiger partial charge in [0.25, 0.3) is 0 Å². The molecule has 40 heavy (non-hydrogen) atoms. The van der Waals surface area contributed by atoms with E-state index in [4.69, 9.17) is 23.7 Å². The third-order valence-corrected chi connectivity index (χ3v) is 8.73. The van der Waals surface area contributed by atoms with Gasteiger partial charge in [0.2, 0.25) is 0 Å². The number of carbonyl (C=O) groups is 2. The highest BCUT2D eigenvalue weighted by Gasteiger charge is 2.47. The third kappa shape index (κ3) is 6.33. The van der Waals surface area contributed by atoms with Crippen LogP contribution in [-0.4, -0.2) is 44.3 Å². The Morgan fingerprint density at radius 3 is 2.45 bits per heavy atom. The van der Waals surface area contributed by atoms with Gasteiger partial charge in [0.05, 0.1) is 5.92 Å². The molecule has 1 aromatic rings. The maximum Gasteiger partial charge on any atom is 0.303 e. The van der Waals surface area contributed by atoms with Crippen LogP contribution in [0.3, 0.4) is 0 Å². The number of hydrogen-bond donors (Lipinski definition) is 0. The van der Waals surface area contributed by atoms with Crippen molar-refractivity contribution in [1.29, 1.82) is 0 Å². The fourth-order valence-electron chi connectivity index (χ4n) is 5.61. The molecule has 1 saturated heterocycles. The Balaban J connectivity index is 1.63. The molecule has 9 nitrogen and oxygen atoms in total. The topological polar surface area (TPSA) is 114 Å². The van der Waals surface area contributed by atoms with Crippen LogP contribution in [0.1, 0.15) is 80.6 Å².